The zero-order valence-corrected chi connectivity index (χ0v) is 13.5. The summed E-state index contributed by atoms with van der Waals surface area (Å²) in [5.41, 5.74) is 1.31. The number of hydrogen-bond acceptors (Lipinski definition) is 2. The molecule has 3 nitrogen and oxygen atoms in total. The van der Waals surface area contributed by atoms with Crippen LogP contribution in [0.3, 0.4) is 0 Å². The second-order valence-corrected chi connectivity index (χ2v) is 7.18. The predicted octanol–water partition coefficient (Wildman–Crippen LogP) is 1.61. The molecule has 1 saturated heterocycles. The lowest BCUT2D eigenvalue weighted by Crippen LogP contribution is -3.15. The number of nitrogens with zero attached hydrogens (tertiary/aromatic N) is 1. The molecule has 3 atom stereocenters. The highest BCUT2D eigenvalue weighted by Crippen LogP contribution is 2.42. The van der Waals surface area contributed by atoms with E-state index in [4.69, 9.17) is 4.74 Å². The van der Waals surface area contributed by atoms with Crippen molar-refractivity contribution >= 4 is 5.69 Å². The van der Waals surface area contributed by atoms with E-state index in [-0.39, 0.29) is 0 Å². The molecule has 3 heteroatoms. The SMILES string of the molecule is COc1cccc(N2CC[NH+](C[C@@H]3C[C@H]4C=C[C@H]3C4)CC2)c1. The van der Waals surface area contributed by atoms with Crippen LogP contribution in [-0.4, -0.2) is 39.8 Å². The zero-order chi connectivity index (χ0) is 14.9. The number of allylic oxidation sites excluding steroid dienone is 2. The molecule has 22 heavy (non-hydrogen) atoms. The Hall–Kier alpha value is -1.48. The van der Waals surface area contributed by atoms with Gasteiger partial charge >= 0.3 is 0 Å². The van der Waals surface area contributed by atoms with Crippen LogP contribution in [0, 0.1) is 17.8 Å². The monoisotopic (exact) mass is 299 g/mol. The zero-order valence-electron chi connectivity index (χ0n) is 13.5. The van der Waals surface area contributed by atoms with Crippen molar-refractivity contribution in [2.45, 2.75) is 12.8 Å². The van der Waals surface area contributed by atoms with Crippen molar-refractivity contribution in [1.29, 1.82) is 0 Å². The van der Waals surface area contributed by atoms with Crippen LogP contribution >= 0.6 is 0 Å². The van der Waals surface area contributed by atoms with Gasteiger partial charge in [-0.25, -0.2) is 0 Å². The summed E-state index contributed by atoms with van der Waals surface area (Å²) in [6.45, 7) is 6.26. The van der Waals surface area contributed by atoms with Gasteiger partial charge in [0.25, 0.3) is 0 Å². The van der Waals surface area contributed by atoms with Crippen molar-refractivity contribution in [1.82, 2.24) is 0 Å². The number of nitrogens with one attached hydrogen (secondary N) is 1. The Balaban J connectivity index is 1.31. The van der Waals surface area contributed by atoms with Crippen LogP contribution in [0.4, 0.5) is 5.69 Å². The molecule has 1 aromatic rings. The van der Waals surface area contributed by atoms with Crippen LogP contribution < -0.4 is 14.5 Å². The number of piperazine rings is 1. The first-order valence-electron chi connectivity index (χ1n) is 8.73. The molecule has 1 saturated carbocycles. The summed E-state index contributed by atoms with van der Waals surface area (Å²) < 4.78 is 5.35. The number of hydrogen-bond donors (Lipinski definition) is 1. The van der Waals surface area contributed by atoms with Gasteiger partial charge in [-0.1, -0.05) is 18.2 Å². The van der Waals surface area contributed by atoms with Gasteiger partial charge in [0.15, 0.2) is 0 Å². The summed E-state index contributed by atoms with van der Waals surface area (Å²) in [4.78, 5) is 4.32. The Labute approximate surface area is 133 Å². The molecule has 2 aliphatic carbocycles. The molecule has 4 rings (SSSR count). The first-order valence-corrected chi connectivity index (χ1v) is 8.73. The lowest BCUT2D eigenvalue weighted by molar-refractivity contribution is -0.904. The standard InChI is InChI=1S/C19H26N2O/c1-22-19-4-2-3-18(13-19)21-9-7-20(8-10-21)14-17-12-15-5-6-16(17)11-15/h2-6,13,15-17H,7-12,14H2,1H3/p+1/t15-,16-,17-/m0/s1. The number of rotatable bonds is 4. The first kappa shape index (κ1) is 14.1. The van der Waals surface area contributed by atoms with Crippen LogP contribution in [0.1, 0.15) is 12.8 Å². The molecule has 1 N–H and O–H groups in total. The fourth-order valence-corrected chi connectivity index (χ4v) is 4.59. The molecule has 118 valence electrons. The molecule has 0 spiro atoms. The van der Waals surface area contributed by atoms with E-state index >= 15 is 0 Å². The second-order valence-electron chi connectivity index (χ2n) is 7.18. The molecule has 1 aromatic carbocycles. The summed E-state index contributed by atoms with van der Waals surface area (Å²) in [6.07, 6.45) is 7.83. The van der Waals surface area contributed by atoms with Gasteiger partial charge in [-0.05, 0) is 36.8 Å². The van der Waals surface area contributed by atoms with Gasteiger partial charge in [0.05, 0.1) is 39.8 Å². The van der Waals surface area contributed by atoms with E-state index in [2.05, 4.69) is 35.3 Å². The summed E-state index contributed by atoms with van der Waals surface area (Å²) in [5.74, 6) is 3.72. The highest BCUT2D eigenvalue weighted by Gasteiger charge is 2.38. The lowest BCUT2D eigenvalue weighted by Gasteiger charge is -2.35. The topological polar surface area (TPSA) is 16.9 Å². The van der Waals surface area contributed by atoms with Crippen molar-refractivity contribution in [3.8, 4) is 5.75 Å². The molecule has 2 fully saturated rings. The van der Waals surface area contributed by atoms with Gasteiger partial charge in [-0.2, -0.15) is 0 Å². The number of fused-ring (bicyclic) bond motifs is 2. The van der Waals surface area contributed by atoms with Crippen molar-refractivity contribution in [2.75, 3.05) is 44.7 Å². The third kappa shape index (κ3) is 2.74. The number of quaternary nitrogens is 1. The molecular formula is C19H27N2O+. The van der Waals surface area contributed by atoms with Crippen molar-refractivity contribution in [2.24, 2.45) is 17.8 Å². The Morgan fingerprint density at radius 1 is 1.18 bits per heavy atom. The lowest BCUT2D eigenvalue weighted by atomic mass is 9.93. The fraction of sp³-hybridized carbons (Fsp3) is 0.579. The molecule has 0 amide bonds. The normalized spacial score (nSPS) is 31.0. The van der Waals surface area contributed by atoms with E-state index in [0.29, 0.717) is 0 Å². The summed E-state index contributed by atoms with van der Waals surface area (Å²) in [6, 6.07) is 8.47. The van der Waals surface area contributed by atoms with E-state index in [9.17, 15) is 0 Å². The predicted molar refractivity (Wildman–Crippen MR) is 89.6 cm³/mol. The van der Waals surface area contributed by atoms with Crippen LogP contribution in [0.15, 0.2) is 36.4 Å². The van der Waals surface area contributed by atoms with Gasteiger partial charge in [-0.15, -0.1) is 0 Å². The maximum atomic E-state index is 5.35. The molecule has 1 heterocycles. The van der Waals surface area contributed by atoms with E-state index < -0.39 is 0 Å². The summed E-state index contributed by atoms with van der Waals surface area (Å²) in [5, 5.41) is 0. The molecule has 3 aliphatic rings. The Morgan fingerprint density at radius 2 is 2.05 bits per heavy atom. The van der Waals surface area contributed by atoms with Crippen molar-refractivity contribution < 1.29 is 9.64 Å². The average Bonchev–Trinajstić information content (AvgIpc) is 3.18. The molecule has 0 aromatic heterocycles. The highest BCUT2D eigenvalue weighted by molar-refractivity contribution is 5.50. The summed E-state index contributed by atoms with van der Waals surface area (Å²) in [7, 11) is 1.74. The quantitative estimate of drug-likeness (QED) is 0.851. The Morgan fingerprint density at radius 3 is 2.73 bits per heavy atom. The van der Waals surface area contributed by atoms with Gasteiger partial charge < -0.3 is 14.5 Å². The third-order valence-corrected chi connectivity index (χ3v) is 5.86. The second kappa shape index (κ2) is 5.96. The molecule has 1 aliphatic heterocycles. The fourth-order valence-electron chi connectivity index (χ4n) is 4.59. The molecule has 0 radical (unpaired) electrons. The largest absolute Gasteiger partial charge is 0.497 e. The van der Waals surface area contributed by atoms with Gasteiger partial charge in [0.1, 0.15) is 5.75 Å². The number of ether oxygens (including phenoxy) is 1. The van der Waals surface area contributed by atoms with Gasteiger partial charge in [0.2, 0.25) is 0 Å². The Bertz CT molecular complexity index is 548. The maximum Gasteiger partial charge on any atom is 0.120 e. The minimum Gasteiger partial charge on any atom is -0.497 e. The summed E-state index contributed by atoms with van der Waals surface area (Å²) >= 11 is 0. The van der Waals surface area contributed by atoms with Crippen LogP contribution in [0.25, 0.3) is 0 Å². The van der Waals surface area contributed by atoms with Gasteiger partial charge in [0, 0.05) is 17.7 Å². The smallest absolute Gasteiger partial charge is 0.120 e. The van der Waals surface area contributed by atoms with Crippen molar-refractivity contribution in [3.63, 3.8) is 0 Å². The minimum absolute atomic E-state index is 0.897. The molecule has 2 bridgehead atoms. The number of anilines is 1. The first-order chi connectivity index (χ1) is 10.8. The van der Waals surface area contributed by atoms with Gasteiger partial charge in [-0.3, -0.25) is 0 Å². The maximum absolute atomic E-state index is 5.35. The van der Waals surface area contributed by atoms with E-state index in [0.717, 1.165) is 23.5 Å². The Kier molecular flexibility index (Phi) is 3.83. The third-order valence-electron chi connectivity index (χ3n) is 5.86. The molecular weight excluding hydrogens is 272 g/mol. The highest BCUT2D eigenvalue weighted by atomic mass is 16.5. The minimum atomic E-state index is 0.897. The van der Waals surface area contributed by atoms with E-state index in [1.54, 1.807) is 7.11 Å². The van der Waals surface area contributed by atoms with Crippen LogP contribution in [0.2, 0.25) is 0 Å². The number of benzene rings is 1. The van der Waals surface area contributed by atoms with E-state index in [1.807, 2.05) is 11.0 Å². The van der Waals surface area contributed by atoms with E-state index in [1.165, 1.54) is 51.3 Å². The van der Waals surface area contributed by atoms with Crippen molar-refractivity contribution in [3.05, 3.63) is 36.4 Å². The number of methoxy groups -OCH3 is 1. The van der Waals surface area contributed by atoms with Crippen LogP contribution in [0.5, 0.6) is 5.75 Å². The van der Waals surface area contributed by atoms with Crippen LogP contribution in [-0.2, 0) is 0 Å². The molecule has 0 unspecified atom stereocenters. The average molecular weight is 299 g/mol.